The van der Waals surface area contributed by atoms with E-state index in [-0.39, 0.29) is 25.2 Å². The molecule has 0 aromatic heterocycles. The molecule has 1 aliphatic heterocycles. The van der Waals surface area contributed by atoms with Gasteiger partial charge in [-0.25, -0.2) is 0 Å². The van der Waals surface area contributed by atoms with Gasteiger partial charge in [0.2, 0.25) is 0 Å². The molecule has 150 valence electrons. The minimum atomic E-state index is -0.888. The molecule has 1 aliphatic rings. The Morgan fingerprint density at radius 2 is 1.93 bits per heavy atom. The van der Waals surface area contributed by atoms with Crippen molar-refractivity contribution in [3.05, 3.63) is 24.3 Å². The van der Waals surface area contributed by atoms with E-state index in [0.717, 1.165) is 12.2 Å². The number of likely N-dealkylation sites (N-methyl/N-ethyl adjacent to an activating group) is 1. The summed E-state index contributed by atoms with van der Waals surface area (Å²) in [5.74, 6) is 0.381. The monoisotopic (exact) mass is 380 g/mol. The highest BCUT2D eigenvalue weighted by Crippen LogP contribution is 2.18. The summed E-state index contributed by atoms with van der Waals surface area (Å²) in [6.45, 7) is 4.42. The predicted molar refractivity (Wildman–Crippen MR) is 99.2 cm³/mol. The van der Waals surface area contributed by atoms with Gasteiger partial charge in [0.05, 0.1) is 25.9 Å². The van der Waals surface area contributed by atoms with Gasteiger partial charge < -0.3 is 24.2 Å². The number of carboxylic acid groups (broad SMARTS) is 1. The van der Waals surface area contributed by atoms with Gasteiger partial charge in [-0.2, -0.15) is 0 Å². The number of benzene rings is 1. The Labute approximate surface area is 159 Å². The van der Waals surface area contributed by atoms with Crippen molar-refractivity contribution in [2.75, 3.05) is 53.0 Å². The first-order valence-corrected chi connectivity index (χ1v) is 9.13. The fourth-order valence-electron chi connectivity index (χ4n) is 2.79. The van der Waals surface area contributed by atoms with Gasteiger partial charge in [0.15, 0.2) is 6.61 Å². The predicted octanol–water partition coefficient (Wildman–Crippen LogP) is 1.10. The first-order chi connectivity index (χ1) is 13.0. The van der Waals surface area contributed by atoms with Gasteiger partial charge in [-0.05, 0) is 37.7 Å². The average molecular weight is 380 g/mol. The third-order valence-corrected chi connectivity index (χ3v) is 4.07. The van der Waals surface area contributed by atoms with Crippen LogP contribution in [0.3, 0.4) is 0 Å². The molecule has 8 nitrogen and oxygen atoms in total. The van der Waals surface area contributed by atoms with Crippen molar-refractivity contribution in [2.24, 2.45) is 0 Å². The van der Waals surface area contributed by atoms with Crippen LogP contribution < -0.4 is 9.47 Å². The third-order valence-electron chi connectivity index (χ3n) is 4.07. The van der Waals surface area contributed by atoms with Crippen molar-refractivity contribution in [2.45, 2.75) is 19.4 Å². The van der Waals surface area contributed by atoms with Crippen LogP contribution in [-0.2, 0) is 14.3 Å². The Bertz CT molecular complexity index is 607. The number of hydrogen-bond acceptors (Lipinski definition) is 6. The van der Waals surface area contributed by atoms with Crippen molar-refractivity contribution in [1.82, 2.24) is 9.80 Å². The lowest BCUT2D eigenvalue weighted by molar-refractivity contribution is -0.143. The minimum Gasteiger partial charge on any atom is -0.494 e. The van der Waals surface area contributed by atoms with Crippen molar-refractivity contribution in [3.8, 4) is 11.5 Å². The molecule has 1 aromatic carbocycles. The summed E-state index contributed by atoms with van der Waals surface area (Å²) in [6, 6.07) is 7.19. The second-order valence-corrected chi connectivity index (χ2v) is 6.53. The fraction of sp³-hybridized carbons (Fsp3) is 0.579. The molecule has 1 unspecified atom stereocenters. The van der Waals surface area contributed by atoms with Gasteiger partial charge in [0, 0.05) is 19.6 Å². The fourth-order valence-corrected chi connectivity index (χ4v) is 2.79. The van der Waals surface area contributed by atoms with E-state index in [1.54, 1.807) is 29.0 Å². The van der Waals surface area contributed by atoms with E-state index in [9.17, 15) is 9.59 Å². The summed E-state index contributed by atoms with van der Waals surface area (Å²) < 4.78 is 16.7. The molecule has 0 saturated carbocycles. The van der Waals surface area contributed by atoms with E-state index in [1.807, 2.05) is 19.1 Å². The number of ether oxygens (including phenoxy) is 3. The quantitative estimate of drug-likeness (QED) is 0.650. The van der Waals surface area contributed by atoms with E-state index in [2.05, 4.69) is 0 Å². The summed E-state index contributed by atoms with van der Waals surface area (Å²) >= 11 is 0. The molecular weight excluding hydrogens is 352 g/mol. The Hall–Kier alpha value is -2.32. The Kier molecular flexibility index (Phi) is 8.35. The lowest BCUT2D eigenvalue weighted by Gasteiger charge is -2.34. The standard InChI is InChI=1S/C19H28N2O6/c1-3-9-25-15-4-6-16(7-5-15)27-14-18(22)21-8-10-26-17(12-21)11-20(2)13-19(23)24/h4-7,17H,3,8-14H2,1-2H3,(H,23,24). The maximum atomic E-state index is 12.4. The number of carbonyl (C=O) groups excluding carboxylic acids is 1. The molecule has 1 heterocycles. The topological polar surface area (TPSA) is 88.5 Å². The van der Waals surface area contributed by atoms with Gasteiger partial charge in [-0.1, -0.05) is 6.92 Å². The molecule has 8 heteroatoms. The number of amides is 1. The van der Waals surface area contributed by atoms with Crippen LogP contribution in [0.15, 0.2) is 24.3 Å². The Morgan fingerprint density at radius 1 is 1.26 bits per heavy atom. The molecule has 0 radical (unpaired) electrons. The van der Waals surface area contributed by atoms with Crippen LogP contribution in [0.4, 0.5) is 0 Å². The smallest absolute Gasteiger partial charge is 0.317 e. The number of hydrogen-bond donors (Lipinski definition) is 1. The molecule has 0 aliphatic carbocycles. The molecule has 1 N–H and O–H groups in total. The zero-order chi connectivity index (χ0) is 19.6. The van der Waals surface area contributed by atoms with Gasteiger partial charge >= 0.3 is 5.97 Å². The molecule has 1 fully saturated rings. The van der Waals surface area contributed by atoms with Crippen LogP contribution in [0.1, 0.15) is 13.3 Å². The highest BCUT2D eigenvalue weighted by atomic mass is 16.5. The van der Waals surface area contributed by atoms with Gasteiger partial charge in [-0.3, -0.25) is 14.5 Å². The van der Waals surface area contributed by atoms with Crippen LogP contribution in [0.25, 0.3) is 0 Å². The zero-order valence-electron chi connectivity index (χ0n) is 15.9. The molecule has 2 rings (SSSR count). The van der Waals surface area contributed by atoms with E-state index < -0.39 is 5.97 Å². The first kappa shape index (κ1) is 21.0. The zero-order valence-corrected chi connectivity index (χ0v) is 15.9. The van der Waals surface area contributed by atoms with Gasteiger partial charge in [0.1, 0.15) is 11.5 Å². The highest BCUT2D eigenvalue weighted by molar-refractivity contribution is 5.78. The number of nitrogens with zero attached hydrogens (tertiary/aromatic N) is 2. The molecule has 0 spiro atoms. The molecular formula is C19H28N2O6. The molecule has 0 bridgehead atoms. The Morgan fingerprint density at radius 3 is 2.56 bits per heavy atom. The largest absolute Gasteiger partial charge is 0.494 e. The van der Waals surface area contributed by atoms with E-state index in [4.69, 9.17) is 19.3 Å². The van der Waals surface area contributed by atoms with Crippen molar-refractivity contribution >= 4 is 11.9 Å². The number of carboxylic acids is 1. The summed E-state index contributed by atoms with van der Waals surface area (Å²) in [5.41, 5.74) is 0. The second-order valence-electron chi connectivity index (χ2n) is 6.53. The normalized spacial score (nSPS) is 17.0. The maximum Gasteiger partial charge on any atom is 0.317 e. The SMILES string of the molecule is CCCOc1ccc(OCC(=O)N2CCOC(CN(C)CC(=O)O)C2)cc1. The number of morpholine rings is 1. The summed E-state index contributed by atoms with van der Waals surface area (Å²) in [7, 11) is 1.72. The Balaban J connectivity index is 1.77. The lowest BCUT2D eigenvalue weighted by atomic mass is 10.2. The van der Waals surface area contributed by atoms with Crippen LogP contribution in [0.5, 0.6) is 11.5 Å². The second kappa shape index (κ2) is 10.7. The third kappa shape index (κ3) is 7.44. The average Bonchev–Trinajstić information content (AvgIpc) is 2.64. The van der Waals surface area contributed by atoms with E-state index >= 15 is 0 Å². The van der Waals surface area contributed by atoms with E-state index in [0.29, 0.717) is 38.6 Å². The summed E-state index contributed by atoms with van der Waals surface area (Å²) in [6.07, 6.45) is 0.737. The van der Waals surface area contributed by atoms with Crippen LogP contribution >= 0.6 is 0 Å². The molecule has 27 heavy (non-hydrogen) atoms. The van der Waals surface area contributed by atoms with Gasteiger partial charge in [0.25, 0.3) is 5.91 Å². The number of carbonyl (C=O) groups is 2. The van der Waals surface area contributed by atoms with Crippen molar-refractivity contribution < 1.29 is 28.9 Å². The molecule has 1 amide bonds. The van der Waals surface area contributed by atoms with E-state index in [1.165, 1.54) is 0 Å². The number of aliphatic carboxylic acids is 1. The highest BCUT2D eigenvalue weighted by Gasteiger charge is 2.25. The summed E-state index contributed by atoms with van der Waals surface area (Å²) in [5, 5.41) is 8.82. The van der Waals surface area contributed by atoms with Crippen molar-refractivity contribution in [1.29, 1.82) is 0 Å². The van der Waals surface area contributed by atoms with Gasteiger partial charge in [-0.15, -0.1) is 0 Å². The molecule has 1 aromatic rings. The molecule has 1 saturated heterocycles. The maximum absolute atomic E-state index is 12.4. The van der Waals surface area contributed by atoms with Crippen molar-refractivity contribution in [3.63, 3.8) is 0 Å². The van der Waals surface area contributed by atoms with Crippen LogP contribution in [0, 0.1) is 0 Å². The van der Waals surface area contributed by atoms with Crippen LogP contribution in [0.2, 0.25) is 0 Å². The lowest BCUT2D eigenvalue weighted by Crippen LogP contribution is -2.50. The minimum absolute atomic E-state index is 0.0488. The van der Waals surface area contributed by atoms with Crippen LogP contribution in [-0.4, -0.2) is 85.9 Å². The summed E-state index contributed by atoms with van der Waals surface area (Å²) in [4.78, 5) is 26.5. The first-order valence-electron chi connectivity index (χ1n) is 9.13. The number of rotatable bonds is 10. The molecule has 1 atom stereocenters.